The second kappa shape index (κ2) is 10.9. The second-order valence-electron chi connectivity index (χ2n) is 6.55. The van der Waals surface area contributed by atoms with E-state index in [0.717, 1.165) is 5.56 Å². The Morgan fingerprint density at radius 1 is 1.07 bits per heavy atom. The third kappa shape index (κ3) is 6.56. The number of anilines is 1. The minimum Gasteiger partial charge on any atom is -0.382 e. The quantitative estimate of drug-likeness (QED) is 0.565. The zero-order chi connectivity index (χ0) is 21.3. The highest BCUT2D eigenvalue weighted by molar-refractivity contribution is 7.92. The molecular formula is C21H28N2O5S. The number of methoxy groups -OCH3 is 1. The number of hydrogen-bond acceptors (Lipinski definition) is 5. The Balaban J connectivity index is 2.00. The van der Waals surface area contributed by atoms with Gasteiger partial charge in [0.25, 0.3) is 15.9 Å². The molecule has 0 aliphatic heterocycles. The lowest BCUT2D eigenvalue weighted by atomic mass is 10.2. The fourth-order valence-electron chi connectivity index (χ4n) is 2.57. The molecule has 0 radical (unpaired) electrons. The lowest BCUT2D eigenvalue weighted by Gasteiger charge is -2.20. The van der Waals surface area contributed by atoms with E-state index < -0.39 is 10.0 Å². The minimum atomic E-state index is -3.78. The first-order chi connectivity index (χ1) is 13.9. The molecule has 7 nitrogen and oxygen atoms in total. The van der Waals surface area contributed by atoms with Gasteiger partial charge in [-0.2, -0.15) is 0 Å². The molecule has 1 N–H and O–H groups in total. The molecule has 0 unspecified atom stereocenters. The van der Waals surface area contributed by atoms with Crippen LogP contribution in [0.1, 0.15) is 22.3 Å². The number of nitrogens with zero attached hydrogens (tertiary/aromatic N) is 1. The summed E-state index contributed by atoms with van der Waals surface area (Å²) >= 11 is 0. The van der Waals surface area contributed by atoms with Gasteiger partial charge in [0.15, 0.2) is 0 Å². The summed E-state index contributed by atoms with van der Waals surface area (Å²) in [5.74, 6) is -0.322. The Bertz CT molecular complexity index is 898. The molecule has 1 amide bonds. The predicted molar refractivity (Wildman–Crippen MR) is 113 cm³/mol. The van der Waals surface area contributed by atoms with Gasteiger partial charge in [-0.25, -0.2) is 8.42 Å². The molecule has 0 aromatic heterocycles. The second-order valence-corrected chi connectivity index (χ2v) is 8.52. The number of amides is 1. The van der Waals surface area contributed by atoms with E-state index in [9.17, 15) is 13.2 Å². The highest BCUT2D eigenvalue weighted by atomic mass is 32.2. The van der Waals surface area contributed by atoms with E-state index in [1.165, 1.54) is 23.5 Å². The number of ether oxygens (including phenoxy) is 2. The smallest absolute Gasteiger partial charge is 0.264 e. The van der Waals surface area contributed by atoms with Gasteiger partial charge < -0.3 is 14.8 Å². The average Bonchev–Trinajstić information content (AvgIpc) is 2.73. The third-order valence-electron chi connectivity index (χ3n) is 4.34. The Kier molecular flexibility index (Phi) is 8.63. The normalized spacial score (nSPS) is 11.3. The number of aryl methyl sites for hydroxylation is 1. The zero-order valence-corrected chi connectivity index (χ0v) is 17.9. The maximum atomic E-state index is 12.9. The summed E-state index contributed by atoms with van der Waals surface area (Å²) in [4.78, 5) is 12.4. The van der Waals surface area contributed by atoms with Crippen molar-refractivity contribution in [1.82, 2.24) is 5.32 Å². The number of nitrogens with one attached hydrogen (secondary N) is 1. The number of carbonyl (C=O) groups excluding carboxylic acids is 1. The van der Waals surface area contributed by atoms with Crippen molar-refractivity contribution >= 4 is 21.6 Å². The van der Waals surface area contributed by atoms with Crippen molar-refractivity contribution in [1.29, 1.82) is 0 Å². The van der Waals surface area contributed by atoms with Crippen LogP contribution in [0.5, 0.6) is 0 Å². The van der Waals surface area contributed by atoms with Crippen molar-refractivity contribution in [2.24, 2.45) is 0 Å². The number of benzene rings is 2. The van der Waals surface area contributed by atoms with Crippen LogP contribution in [0, 0.1) is 6.92 Å². The molecule has 2 rings (SSSR count). The van der Waals surface area contributed by atoms with Crippen LogP contribution in [0.3, 0.4) is 0 Å². The largest absolute Gasteiger partial charge is 0.382 e. The van der Waals surface area contributed by atoms with E-state index >= 15 is 0 Å². The monoisotopic (exact) mass is 420 g/mol. The summed E-state index contributed by atoms with van der Waals surface area (Å²) in [6.07, 6.45) is 0.656. The lowest BCUT2D eigenvalue weighted by Crippen LogP contribution is -2.28. The summed E-state index contributed by atoms with van der Waals surface area (Å²) in [6.45, 7) is 3.93. The Hall–Kier alpha value is -2.42. The van der Waals surface area contributed by atoms with E-state index in [4.69, 9.17) is 9.47 Å². The van der Waals surface area contributed by atoms with Gasteiger partial charge in [0, 0.05) is 32.9 Å². The average molecular weight is 421 g/mol. The number of rotatable bonds is 11. The molecule has 0 bridgehead atoms. The standard InChI is InChI=1S/C21H28N2O5S/c1-17-8-10-19(11-9-17)23(2)29(25,26)20-7-4-6-18(16-20)21(24)22-12-5-13-28-15-14-27-3/h4,6-11,16H,5,12-15H2,1-3H3,(H,22,24). The molecule has 0 aliphatic carbocycles. The first-order valence-electron chi connectivity index (χ1n) is 9.37. The molecular weight excluding hydrogens is 392 g/mol. The summed E-state index contributed by atoms with van der Waals surface area (Å²) in [7, 11) is -0.673. The number of sulfonamides is 1. The molecule has 158 valence electrons. The molecule has 29 heavy (non-hydrogen) atoms. The summed E-state index contributed by atoms with van der Waals surface area (Å²) in [5, 5.41) is 2.78. The first kappa shape index (κ1) is 22.9. The van der Waals surface area contributed by atoms with Crippen LogP contribution in [0.4, 0.5) is 5.69 Å². The lowest BCUT2D eigenvalue weighted by molar-refractivity contribution is 0.0688. The van der Waals surface area contributed by atoms with E-state index in [1.54, 1.807) is 31.4 Å². The summed E-state index contributed by atoms with van der Waals surface area (Å²) in [6, 6.07) is 13.2. The van der Waals surface area contributed by atoms with Crippen LogP contribution in [0.25, 0.3) is 0 Å². The van der Waals surface area contributed by atoms with Gasteiger partial charge in [0.2, 0.25) is 0 Å². The van der Waals surface area contributed by atoms with Crippen molar-refractivity contribution in [2.45, 2.75) is 18.2 Å². The molecule has 0 atom stereocenters. The van der Waals surface area contributed by atoms with Crippen molar-refractivity contribution in [3.8, 4) is 0 Å². The van der Waals surface area contributed by atoms with Crippen molar-refractivity contribution in [3.63, 3.8) is 0 Å². The first-order valence-corrected chi connectivity index (χ1v) is 10.8. The van der Waals surface area contributed by atoms with E-state index in [1.807, 2.05) is 19.1 Å². The highest BCUT2D eigenvalue weighted by Gasteiger charge is 2.22. The van der Waals surface area contributed by atoms with E-state index in [2.05, 4.69) is 5.32 Å². The van der Waals surface area contributed by atoms with Crippen LogP contribution in [-0.4, -0.2) is 54.8 Å². The van der Waals surface area contributed by atoms with Crippen LogP contribution < -0.4 is 9.62 Å². The molecule has 0 fully saturated rings. The molecule has 0 spiro atoms. The molecule has 2 aromatic carbocycles. The molecule has 0 saturated heterocycles. The fourth-order valence-corrected chi connectivity index (χ4v) is 3.81. The number of carbonyl (C=O) groups is 1. The molecule has 2 aromatic rings. The van der Waals surface area contributed by atoms with Crippen LogP contribution in [0.2, 0.25) is 0 Å². The Morgan fingerprint density at radius 2 is 1.79 bits per heavy atom. The van der Waals surface area contributed by atoms with Crippen molar-refractivity contribution in [2.75, 3.05) is 44.8 Å². The van der Waals surface area contributed by atoms with Gasteiger partial charge in [0.05, 0.1) is 23.8 Å². The van der Waals surface area contributed by atoms with Crippen LogP contribution in [-0.2, 0) is 19.5 Å². The minimum absolute atomic E-state index is 0.0659. The van der Waals surface area contributed by atoms with E-state index in [0.29, 0.717) is 44.0 Å². The van der Waals surface area contributed by atoms with Crippen LogP contribution in [0.15, 0.2) is 53.4 Å². The summed E-state index contributed by atoms with van der Waals surface area (Å²) < 4.78 is 37.3. The van der Waals surface area contributed by atoms with Gasteiger partial charge in [-0.3, -0.25) is 9.10 Å². The van der Waals surface area contributed by atoms with Crippen LogP contribution >= 0.6 is 0 Å². The SMILES string of the molecule is COCCOCCCNC(=O)c1cccc(S(=O)(=O)N(C)c2ccc(C)cc2)c1. The Labute approximate surface area is 172 Å². The highest BCUT2D eigenvalue weighted by Crippen LogP contribution is 2.23. The topological polar surface area (TPSA) is 84.9 Å². The predicted octanol–water partition coefficient (Wildman–Crippen LogP) is 2.60. The van der Waals surface area contributed by atoms with E-state index in [-0.39, 0.29) is 10.8 Å². The zero-order valence-electron chi connectivity index (χ0n) is 17.1. The van der Waals surface area contributed by atoms with Gasteiger partial charge in [-0.15, -0.1) is 0 Å². The molecule has 8 heteroatoms. The van der Waals surface area contributed by atoms with Gasteiger partial charge in [-0.05, 0) is 43.7 Å². The maximum absolute atomic E-state index is 12.9. The van der Waals surface area contributed by atoms with Gasteiger partial charge in [-0.1, -0.05) is 23.8 Å². The summed E-state index contributed by atoms with van der Waals surface area (Å²) in [5.41, 5.74) is 1.89. The molecule has 0 heterocycles. The third-order valence-corrected chi connectivity index (χ3v) is 6.12. The number of hydrogen-bond donors (Lipinski definition) is 1. The Morgan fingerprint density at radius 3 is 2.48 bits per heavy atom. The van der Waals surface area contributed by atoms with Gasteiger partial charge >= 0.3 is 0 Å². The fraction of sp³-hybridized carbons (Fsp3) is 0.381. The van der Waals surface area contributed by atoms with Crippen molar-refractivity contribution in [3.05, 3.63) is 59.7 Å². The van der Waals surface area contributed by atoms with Gasteiger partial charge in [0.1, 0.15) is 0 Å². The van der Waals surface area contributed by atoms with Crippen molar-refractivity contribution < 1.29 is 22.7 Å². The maximum Gasteiger partial charge on any atom is 0.264 e. The molecule has 0 aliphatic rings. The molecule has 0 saturated carbocycles.